The van der Waals surface area contributed by atoms with E-state index in [4.69, 9.17) is 33.7 Å². The lowest BCUT2D eigenvalue weighted by atomic mass is 9.89. The van der Waals surface area contributed by atoms with Crippen molar-refractivity contribution in [3.05, 3.63) is 119 Å². The molecule has 0 saturated heterocycles. The van der Waals surface area contributed by atoms with E-state index in [9.17, 15) is 14.7 Å². The van der Waals surface area contributed by atoms with Crippen molar-refractivity contribution in [3.63, 3.8) is 0 Å². The summed E-state index contributed by atoms with van der Waals surface area (Å²) in [5.41, 5.74) is 5.33. The number of hydrogen-bond acceptors (Lipinski definition) is 11. The molecular formula is C43H54N2O10. The van der Waals surface area contributed by atoms with Crippen LogP contribution in [-0.4, -0.2) is 61.0 Å². The molecule has 2 unspecified atom stereocenters. The van der Waals surface area contributed by atoms with E-state index < -0.39 is 5.97 Å². The SMILES string of the molecule is C.C.C.COc1ccc(COC(=O)CC(C2=NOCC2)c2ccc(OCc3ccc(OC)cc3)cc2)cc1.O=C(O)CC(C1=NOCC1)c1ccc(O)cc1. The van der Waals surface area contributed by atoms with Gasteiger partial charge in [-0.15, -0.1) is 0 Å². The smallest absolute Gasteiger partial charge is 0.307 e. The summed E-state index contributed by atoms with van der Waals surface area (Å²) in [4.78, 5) is 33.7. The van der Waals surface area contributed by atoms with Crippen LogP contribution >= 0.6 is 0 Å². The van der Waals surface area contributed by atoms with E-state index in [1.807, 2.05) is 72.8 Å². The summed E-state index contributed by atoms with van der Waals surface area (Å²) < 4.78 is 21.8. The number of oxime groups is 2. The molecule has 12 heteroatoms. The Kier molecular flexibility index (Phi) is 18.8. The standard InChI is InChI=1S/C28H29NO6.C12H13NO4.3CH4/c1-31-23-9-3-20(4-10-23)18-33-25-13-7-22(8-14-25)26(27-15-16-35-29-27)17-28(30)34-19-21-5-11-24(32-2)12-6-21;14-9-3-1-8(2-4-9)10(7-12(15)16)11-5-6-17-13-11;;;/h3-14,26H,15-19H2,1-2H3;1-4,10,14H,5-7H2,(H,15,16);3*1H4. The predicted molar refractivity (Wildman–Crippen MR) is 213 cm³/mol. The third-order valence-electron chi connectivity index (χ3n) is 8.52. The number of aliphatic carboxylic acids is 1. The number of phenols is 1. The molecule has 4 aromatic rings. The zero-order valence-electron chi connectivity index (χ0n) is 29.1. The van der Waals surface area contributed by atoms with Crippen molar-refractivity contribution in [2.45, 2.75) is 73.0 Å². The Hall–Kier alpha value is -6.04. The first-order chi connectivity index (χ1) is 25.3. The number of hydrogen-bond donors (Lipinski definition) is 2. The van der Waals surface area contributed by atoms with Gasteiger partial charge in [0.15, 0.2) is 0 Å². The van der Waals surface area contributed by atoms with E-state index in [-0.39, 0.29) is 65.3 Å². The van der Waals surface area contributed by atoms with Gasteiger partial charge in [-0.1, -0.05) is 81.1 Å². The fourth-order valence-corrected chi connectivity index (χ4v) is 5.66. The summed E-state index contributed by atoms with van der Waals surface area (Å²) in [7, 11) is 3.26. The molecule has 0 bridgehead atoms. The van der Waals surface area contributed by atoms with Crippen LogP contribution < -0.4 is 14.2 Å². The van der Waals surface area contributed by atoms with Gasteiger partial charge in [-0.2, -0.15) is 0 Å². The maximum absolute atomic E-state index is 12.7. The number of methoxy groups -OCH3 is 2. The minimum atomic E-state index is -0.877. The predicted octanol–water partition coefficient (Wildman–Crippen LogP) is 8.91. The third-order valence-corrected chi connectivity index (χ3v) is 8.52. The number of carbonyl (C=O) groups is 2. The van der Waals surface area contributed by atoms with Crippen LogP contribution in [0.15, 0.2) is 107 Å². The van der Waals surface area contributed by atoms with Gasteiger partial charge in [-0.05, 0) is 70.8 Å². The lowest BCUT2D eigenvalue weighted by molar-refractivity contribution is -0.145. The van der Waals surface area contributed by atoms with Crippen molar-refractivity contribution in [1.82, 2.24) is 0 Å². The largest absolute Gasteiger partial charge is 0.508 e. The number of carboxylic acids is 1. The minimum Gasteiger partial charge on any atom is -0.508 e. The fourth-order valence-electron chi connectivity index (χ4n) is 5.66. The monoisotopic (exact) mass is 758 g/mol. The molecule has 55 heavy (non-hydrogen) atoms. The highest BCUT2D eigenvalue weighted by Gasteiger charge is 2.27. The van der Waals surface area contributed by atoms with Gasteiger partial charge < -0.3 is 38.8 Å². The molecule has 2 N–H and O–H groups in total. The van der Waals surface area contributed by atoms with E-state index in [0.717, 1.165) is 50.9 Å². The van der Waals surface area contributed by atoms with Crippen molar-refractivity contribution >= 4 is 23.4 Å². The number of nitrogens with zero attached hydrogens (tertiary/aromatic N) is 2. The van der Waals surface area contributed by atoms with E-state index in [1.54, 1.807) is 38.5 Å². The molecule has 2 aliphatic heterocycles. The first-order valence-electron chi connectivity index (χ1n) is 16.8. The number of esters is 1. The van der Waals surface area contributed by atoms with Crippen LogP contribution in [0.25, 0.3) is 0 Å². The lowest BCUT2D eigenvalue weighted by Gasteiger charge is -2.17. The second-order valence-corrected chi connectivity index (χ2v) is 12.0. The van der Waals surface area contributed by atoms with E-state index in [0.29, 0.717) is 32.7 Å². The van der Waals surface area contributed by atoms with Crippen molar-refractivity contribution in [2.24, 2.45) is 10.3 Å². The molecule has 0 aliphatic carbocycles. The number of phenolic OH excluding ortho intramolecular Hbond substituents is 1. The minimum absolute atomic E-state index is 0. The van der Waals surface area contributed by atoms with Gasteiger partial charge in [0.25, 0.3) is 0 Å². The van der Waals surface area contributed by atoms with Gasteiger partial charge in [0.05, 0.1) is 38.5 Å². The molecule has 4 aromatic carbocycles. The normalized spacial score (nSPS) is 13.5. The van der Waals surface area contributed by atoms with Crippen LogP contribution in [0.1, 0.15) is 82.1 Å². The van der Waals surface area contributed by atoms with E-state index in [1.165, 1.54) is 0 Å². The maximum atomic E-state index is 12.7. The van der Waals surface area contributed by atoms with Gasteiger partial charge >= 0.3 is 11.9 Å². The van der Waals surface area contributed by atoms with Crippen LogP contribution in [0.5, 0.6) is 23.0 Å². The second-order valence-electron chi connectivity index (χ2n) is 12.0. The zero-order chi connectivity index (χ0) is 36.7. The highest BCUT2D eigenvalue weighted by molar-refractivity contribution is 5.95. The zero-order valence-corrected chi connectivity index (χ0v) is 29.1. The quantitative estimate of drug-likeness (QED) is 0.112. The van der Waals surface area contributed by atoms with Crippen LogP contribution in [0.2, 0.25) is 0 Å². The molecule has 0 saturated carbocycles. The summed E-state index contributed by atoms with van der Waals surface area (Å²) in [5, 5.41) is 26.2. The summed E-state index contributed by atoms with van der Waals surface area (Å²) in [6.07, 6.45) is 1.50. The molecule has 2 heterocycles. The Balaban J connectivity index is 0.000000443. The Labute approximate surface area is 324 Å². The first-order valence-corrected chi connectivity index (χ1v) is 16.8. The maximum Gasteiger partial charge on any atom is 0.307 e. The molecule has 0 radical (unpaired) electrons. The second kappa shape index (κ2) is 22.9. The van der Waals surface area contributed by atoms with E-state index in [2.05, 4.69) is 10.3 Å². The van der Waals surface area contributed by atoms with Crippen molar-refractivity contribution in [2.75, 3.05) is 27.4 Å². The molecule has 0 spiro atoms. The van der Waals surface area contributed by atoms with Gasteiger partial charge in [-0.3, -0.25) is 9.59 Å². The number of carboxylic acid groups (broad SMARTS) is 1. The number of carbonyl (C=O) groups excluding carboxylic acids is 1. The van der Waals surface area contributed by atoms with Crippen molar-refractivity contribution < 1.29 is 48.4 Å². The molecule has 296 valence electrons. The molecule has 2 aliphatic rings. The first kappa shape index (κ1) is 45.1. The molecular weight excluding hydrogens is 704 g/mol. The highest BCUT2D eigenvalue weighted by Crippen LogP contribution is 2.29. The average Bonchev–Trinajstić information content (AvgIpc) is 3.92. The van der Waals surface area contributed by atoms with Gasteiger partial charge in [0.2, 0.25) is 0 Å². The van der Waals surface area contributed by atoms with Crippen molar-refractivity contribution in [3.8, 4) is 23.0 Å². The average molecular weight is 759 g/mol. The fraction of sp³-hybridized carbons (Fsp3) is 0.349. The third kappa shape index (κ3) is 13.7. The summed E-state index contributed by atoms with van der Waals surface area (Å²) >= 11 is 0. The number of benzene rings is 4. The Morgan fingerprint density at radius 3 is 1.51 bits per heavy atom. The molecule has 2 atom stereocenters. The molecule has 0 amide bonds. The molecule has 12 nitrogen and oxygen atoms in total. The van der Waals surface area contributed by atoms with Crippen LogP contribution in [-0.2, 0) is 37.2 Å². The van der Waals surface area contributed by atoms with E-state index >= 15 is 0 Å². The summed E-state index contributed by atoms with van der Waals surface area (Å²) in [5.74, 6) is 0.814. The van der Waals surface area contributed by atoms with Crippen LogP contribution in [0, 0.1) is 0 Å². The van der Waals surface area contributed by atoms with Gasteiger partial charge in [0.1, 0.15) is 49.4 Å². The Morgan fingerprint density at radius 2 is 1.07 bits per heavy atom. The molecule has 6 rings (SSSR count). The van der Waals surface area contributed by atoms with Crippen molar-refractivity contribution in [1.29, 1.82) is 0 Å². The van der Waals surface area contributed by atoms with Crippen LogP contribution in [0.3, 0.4) is 0 Å². The number of rotatable bonds is 15. The Bertz CT molecular complexity index is 1810. The summed E-state index contributed by atoms with van der Waals surface area (Å²) in [6.45, 7) is 1.68. The lowest BCUT2D eigenvalue weighted by Crippen LogP contribution is -2.17. The van der Waals surface area contributed by atoms with Gasteiger partial charge in [-0.25, -0.2) is 0 Å². The topological polar surface area (TPSA) is 155 Å². The molecule has 0 aromatic heterocycles. The number of ether oxygens (including phenoxy) is 4. The Morgan fingerprint density at radius 1 is 0.636 bits per heavy atom. The summed E-state index contributed by atoms with van der Waals surface area (Å²) in [6, 6.07) is 29.4. The van der Waals surface area contributed by atoms with Crippen LogP contribution in [0.4, 0.5) is 0 Å². The van der Waals surface area contributed by atoms with Gasteiger partial charge in [0, 0.05) is 24.7 Å². The highest BCUT2D eigenvalue weighted by atomic mass is 16.6. The molecule has 0 fully saturated rings. The number of aromatic hydroxyl groups is 1.